The molecule has 2 amide bonds. The summed E-state index contributed by atoms with van der Waals surface area (Å²) in [6, 6.07) is 14.1. The molecule has 0 radical (unpaired) electrons. The summed E-state index contributed by atoms with van der Waals surface area (Å²) in [7, 11) is 0. The van der Waals surface area contributed by atoms with Crippen LogP contribution in [0.15, 0.2) is 42.5 Å². The Bertz CT molecular complexity index is 792. The number of amides is 2. The predicted octanol–water partition coefficient (Wildman–Crippen LogP) is 3.98. The summed E-state index contributed by atoms with van der Waals surface area (Å²) in [5.74, 6) is -0.758. The second-order valence-electron chi connectivity index (χ2n) is 6.89. The van der Waals surface area contributed by atoms with Crippen molar-refractivity contribution in [3.8, 4) is 0 Å². The van der Waals surface area contributed by atoms with Gasteiger partial charge >= 0.3 is 0 Å². The van der Waals surface area contributed by atoms with Gasteiger partial charge in [0.1, 0.15) is 0 Å². The van der Waals surface area contributed by atoms with E-state index in [9.17, 15) is 9.59 Å². The summed E-state index contributed by atoms with van der Waals surface area (Å²) in [4.78, 5) is 27.1. The number of aryl methyl sites for hydroxylation is 3. The Morgan fingerprint density at radius 3 is 2.17 bits per heavy atom. The molecule has 0 unspecified atom stereocenters. The monoisotopic (exact) mass is 321 g/mol. The van der Waals surface area contributed by atoms with E-state index in [1.54, 1.807) is 0 Å². The molecule has 1 fully saturated rings. The number of anilines is 1. The summed E-state index contributed by atoms with van der Waals surface area (Å²) in [6.07, 6.45) is 0.605. The maximum Gasteiger partial charge on any atom is 0.238 e. The van der Waals surface area contributed by atoms with Crippen molar-refractivity contribution in [2.45, 2.75) is 34.1 Å². The molecule has 124 valence electrons. The zero-order chi connectivity index (χ0) is 17.4. The van der Waals surface area contributed by atoms with Crippen LogP contribution < -0.4 is 4.90 Å². The SMILES string of the molecule is Cc1ccc(C[C@H]2C(=O)N(c3cc(C)ccc3C)C(=O)[C@@H]2C)cc1. The van der Waals surface area contributed by atoms with Crippen molar-refractivity contribution in [2.24, 2.45) is 11.8 Å². The Morgan fingerprint density at radius 1 is 0.875 bits per heavy atom. The van der Waals surface area contributed by atoms with Crippen LogP contribution in [0.5, 0.6) is 0 Å². The van der Waals surface area contributed by atoms with Gasteiger partial charge in [-0.3, -0.25) is 9.59 Å². The average molecular weight is 321 g/mol. The van der Waals surface area contributed by atoms with Crippen LogP contribution in [0.2, 0.25) is 0 Å². The van der Waals surface area contributed by atoms with Gasteiger partial charge in [-0.1, -0.05) is 48.9 Å². The third-order valence-electron chi connectivity index (χ3n) is 4.93. The average Bonchev–Trinajstić information content (AvgIpc) is 2.76. The maximum absolute atomic E-state index is 13.0. The van der Waals surface area contributed by atoms with Crippen molar-refractivity contribution in [1.82, 2.24) is 0 Å². The Kier molecular flexibility index (Phi) is 4.27. The number of benzene rings is 2. The van der Waals surface area contributed by atoms with Gasteiger partial charge in [0.25, 0.3) is 0 Å². The van der Waals surface area contributed by atoms with Crippen LogP contribution in [0.4, 0.5) is 5.69 Å². The first-order valence-corrected chi connectivity index (χ1v) is 8.39. The Balaban J connectivity index is 1.91. The molecule has 3 nitrogen and oxygen atoms in total. The lowest BCUT2D eigenvalue weighted by Crippen LogP contribution is -2.31. The van der Waals surface area contributed by atoms with Gasteiger partial charge in [-0.2, -0.15) is 0 Å². The van der Waals surface area contributed by atoms with Crippen molar-refractivity contribution in [1.29, 1.82) is 0 Å². The first-order chi connectivity index (χ1) is 11.4. The maximum atomic E-state index is 13.0. The Hall–Kier alpha value is -2.42. The summed E-state index contributed by atoms with van der Waals surface area (Å²) in [6.45, 7) is 7.82. The smallest absolute Gasteiger partial charge is 0.238 e. The number of carbonyl (C=O) groups is 2. The van der Waals surface area contributed by atoms with Crippen LogP contribution in [0.1, 0.15) is 29.2 Å². The first-order valence-electron chi connectivity index (χ1n) is 8.39. The van der Waals surface area contributed by atoms with Gasteiger partial charge in [0.05, 0.1) is 11.6 Å². The number of hydrogen-bond donors (Lipinski definition) is 0. The lowest BCUT2D eigenvalue weighted by Gasteiger charge is -2.18. The van der Waals surface area contributed by atoms with Crippen LogP contribution in [-0.2, 0) is 16.0 Å². The van der Waals surface area contributed by atoms with Crippen molar-refractivity contribution >= 4 is 17.5 Å². The Morgan fingerprint density at radius 2 is 1.50 bits per heavy atom. The van der Waals surface area contributed by atoms with Gasteiger partial charge in [-0.15, -0.1) is 0 Å². The number of imide groups is 1. The second-order valence-corrected chi connectivity index (χ2v) is 6.89. The van der Waals surface area contributed by atoms with E-state index in [0.29, 0.717) is 6.42 Å². The summed E-state index contributed by atoms with van der Waals surface area (Å²) in [5, 5.41) is 0. The molecule has 2 atom stereocenters. The molecule has 0 aromatic heterocycles. The van der Waals surface area contributed by atoms with Crippen LogP contribution >= 0.6 is 0 Å². The molecule has 1 aliphatic rings. The normalized spacial score (nSPS) is 20.8. The lowest BCUT2D eigenvalue weighted by molar-refractivity contribution is -0.122. The van der Waals surface area contributed by atoms with Crippen LogP contribution in [0.3, 0.4) is 0 Å². The van der Waals surface area contributed by atoms with Crippen LogP contribution in [0, 0.1) is 32.6 Å². The zero-order valence-corrected chi connectivity index (χ0v) is 14.7. The van der Waals surface area contributed by atoms with Gasteiger partial charge < -0.3 is 0 Å². The minimum absolute atomic E-state index is 0.0817. The van der Waals surface area contributed by atoms with Crippen molar-refractivity contribution < 1.29 is 9.59 Å². The van der Waals surface area contributed by atoms with Gasteiger partial charge in [0, 0.05) is 5.92 Å². The highest BCUT2D eigenvalue weighted by molar-refractivity contribution is 6.22. The quantitative estimate of drug-likeness (QED) is 0.802. The minimum atomic E-state index is -0.293. The van der Waals surface area contributed by atoms with E-state index >= 15 is 0 Å². The minimum Gasteiger partial charge on any atom is -0.274 e. The van der Waals surface area contributed by atoms with Crippen molar-refractivity contribution in [2.75, 3.05) is 4.90 Å². The fourth-order valence-electron chi connectivity index (χ4n) is 3.30. The van der Waals surface area contributed by atoms with Gasteiger partial charge in [0.2, 0.25) is 11.8 Å². The predicted molar refractivity (Wildman–Crippen MR) is 95.9 cm³/mol. The van der Waals surface area contributed by atoms with E-state index in [2.05, 4.69) is 0 Å². The molecular weight excluding hydrogens is 298 g/mol. The Labute approximate surface area is 143 Å². The van der Waals surface area contributed by atoms with Gasteiger partial charge in [0.15, 0.2) is 0 Å². The first kappa shape index (κ1) is 16.4. The fraction of sp³-hybridized carbons (Fsp3) is 0.333. The molecule has 1 saturated heterocycles. The fourth-order valence-corrected chi connectivity index (χ4v) is 3.30. The molecule has 2 aromatic rings. The van der Waals surface area contributed by atoms with E-state index in [1.165, 1.54) is 10.5 Å². The van der Waals surface area contributed by atoms with E-state index in [0.717, 1.165) is 22.4 Å². The van der Waals surface area contributed by atoms with Gasteiger partial charge in [-0.05, 0) is 49.9 Å². The van der Waals surface area contributed by atoms with Gasteiger partial charge in [-0.25, -0.2) is 4.90 Å². The molecule has 0 saturated carbocycles. The molecular formula is C21H23NO2. The van der Waals surface area contributed by atoms with E-state index < -0.39 is 0 Å². The molecule has 1 aliphatic heterocycles. The molecule has 1 heterocycles. The largest absolute Gasteiger partial charge is 0.274 e. The highest BCUT2D eigenvalue weighted by Gasteiger charge is 2.45. The van der Waals surface area contributed by atoms with E-state index in [4.69, 9.17) is 0 Å². The molecule has 0 bridgehead atoms. The summed E-state index contributed by atoms with van der Waals surface area (Å²) >= 11 is 0. The highest BCUT2D eigenvalue weighted by atomic mass is 16.2. The number of nitrogens with zero attached hydrogens (tertiary/aromatic N) is 1. The molecule has 24 heavy (non-hydrogen) atoms. The van der Waals surface area contributed by atoms with Crippen molar-refractivity contribution in [3.63, 3.8) is 0 Å². The second kappa shape index (κ2) is 6.23. The highest BCUT2D eigenvalue weighted by Crippen LogP contribution is 2.34. The standard InChI is InChI=1S/C21H23NO2/c1-13-6-9-17(10-7-13)12-18-16(4)20(23)22(21(18)24)19-11-14(2)5-8-15(19)3/h5-11,16,18H,12H2,1-4H3/t16-,18-/m1/s1. The number of hydrogen-bond acceptors (Lipinski definition) is 2. The van der Waals surface area contributed by atoms with Crippen LogP contribution in [-0.4, -0.2) is 11.8 Å². The molecule has 3 heteroatoms. The zero-order valence-electron chi connectivity index (χ0n) is 14.7. The third kappa shape index (κ3) is 2.86. The summed E-state index contributed by atoms with van der Waals surface area (Å²) in [5.41, 5.74) is 5.01. The molecule has 2 aromatic carbocycles. The lowest BCUT2D eigenvalue weighted by atomic mass is 9.90. The van der Waals surface area contributed by atoms with E-state index in [1.807, 2.05) is 70.2 Å². The number of rotatable bonds is 3. The summed E-state index contributed by atoms with van der Waals surface area (Å²) < 4.78 is 0. The van der Waals surface area contributed by atoms with Crippen LogP contribution in [0.25, 0.3) is 0 Å². The van der Waals surface area contributed by atoms with Crippen molar-refractivity contribution in [3.05, 3.63) is 64.7 Å². The third-order valence-corrected chi connectivity index (χ3v) is 4.93. The van der Waals surface area contributed by atoms with E-state index in [-0.39, 0.29) is 23.7 Å². The molecule has 0 aliphatic carbocycles. The molecule has 0 spiro atoms. The topological polar surface area (TPSA) is 37.4 Å². The molecule has 0 N–H and O–H groups in total. The number of carbonyl (C=O) groups excluding carboxylic acids is 2. The molecule has 3 rings (SSSR count).